The first-order chi connectivity index (χ1) is 14.6. The van der Waals surface area contributed by atoms with Gasteiger partial charge < -0.3 is 0 Å². The SMILES string of the molecule is C[C@@H]1CCC[C@@H](C)C1=NNC(=O)c1ccc(Cn2nnc(-c3ccccc3)n2)cc1. The molecule has 1 fully saturated rings. The van der Waals surface area contributed by atoms with Crippen molar-refractivity contribution in [2.45, 2.75) is 39.7 Å². The summed E-state index contributed by atoms with van der Waals surface area (Å²) in [4.78, 5) is 14.0. The molecular weight excluding hydrogens is 376 g/mol. The molecular formula is C23H26N6O. The first kappa shape index (κ1) is 19.9. The molecule has 1 heterocycles. The van der Waals surface area contributed by atoms with Crippen LogP contribution in [0.25, 0.3) is 11.4 Å². The minimum Gasteiger partial charge on any atom is -0.267 e. The maximum Gasteiger partial charge on any atom is 0.271 e. The molecule has 154 valence electrons. The molecule has 0 bridgehead atoms. The van der Waals surface area contributed by atoms with Crippen LogP contribution in [0, 0.1) is 11.8 Å². The van der Waals surface area contributed by atoms with Gasteiger partial charge >= 0.3 is 0 Å². The maximum atomic E-state index is 12.5. The Kier molecular flexibility index (Phi) is 5.97. The minimum atomic E-state index is -0.190. The van der Waals surface area contributed by atoms with Crippen molar-refractivity contribution in [3.8, 4) is 11.4 Å². The van der Waals surface area contributed by atoms with Crippen LogP contribution in [-0.4, -0.2) is 31.8 Å². The van der Waals surface area contributed by atoms with Gasteiger partial charge in [-0.3, -0.25) is 4.79 Å². The summed E-state index contributed by atoms with van der Waals surface area (Å²) in [5, 5.41) is 17.1. The lowest BCUT2D eigenvalue weighted by Gasteiger charge is -2.26. The predicted molar refractivity (Wildman–Crippen MR) is 116 cm³/mol. The molecule has 1 amide bonds. The zero-order valence-corrected chi connectivity index (χ0v) is 17.3. The van der Waals surface area contributed by atoms with E-state index in [0.29, 0.717) is 29.8 Å². The van der Waals surface area contributed by atoms with Crippen LogP contribution in [0.15, 0.2) is 59.7 Å². The molecule has 0 aliphatic heterocycles. The zero-order valence-electron chi connectivity index (χ0n) is 17.3. The van der Waals surface area contributed by atoms with Gasteiger partial charge in [0.25, 0.3) is 5.91 Å². The topological polar surface area (TPSA) is 85.1 Å². The number of hydrogen-bond acceptors (Lipinski definition) is 5. The molecule has 7 heteroatoms. The summed E-state index contributed by atoms with van der Waals surface area (Å²) in [6, 6.07) is 17.1. The van der Waals surface area contributed by atoms with Crippen molar-refractivity contribution in [2.24, 2.45) is 16.9 Å². The number of hydrazone groups is 1. The van der Waals surface area contributed by atoms with Gasteiger partial charge in [0.05, 0.1) is 6.54 Å². The average Bonchev–Trinajstić information content (AvgIpc) is 3.23. The number of hydrogen-bond donors (Lipinski definition) is 1. The molecule has 7 nitrogen and oxygen atoms in total. The molecule has 1 aliphatic carbocycles. The largest absolute Gasteiger partial charge is 0.271 e. The van der Waals surface area contributed by atoms with Crippen LogP contribution in [0.3, 0.4) is 0 Å². The number of nitrogens with one attached hydrogen (secondary N) is 1. The smallest absolute Gasteiger partial charge is 0.267 e. The van der Waals surface area contributed by atoms with Crippen molar-refractivity contribution in [1.29, 1.82) is 0 Å². The first-order valence-corrected chi connectivity index (χ1v) is 10.4. The Morgan fingerprint density at radius 3 is 2.47 bits per heavy atom. The van der Waals surface area contributed by atoms with Crippen LogP contribution in [0.1, 0.15) is 49.0 Å². The summed E-state index contributed by atoms with van der Waals surface area (Å²) in [7, 11) is 0. The number of benzene rings is 2. The van der Waals surface area contributed by atoms with E-state index in [-0.39, 0.29) is 5.91 Å². The quantitative estimate of drug-likeness (QED) is 0.655. The number of nitrogens with zero attached hydrogens (tertiary/aromatic N) is 5. The van der Waals surface area contributed by atoms with Crippen LogP contribution in [0.5, 0.6) is 0 Å². The number of rotatable bonds is 5. The summed E-state index contributed by atoms with van der Waals surface area (Å²) in [6.45, 7) is 4.84. The highest BCUT2D eigenvalue weighted by molar-refractivity contribution is 5.96. The minimum absolute atomic E-state index is 0.190. The number of tetrazole rings is 1. The second-order valence-electron chi connectivity index (χ2n) is 7.92. The zero-order chi connectivity index (χ0) is 20.9. The van der Waals surface area contributed by atoms with E-state index in [4.69, 9.17) is 0 Å². The van der Waals surface area contributed by atoms with E-state index in [0.717, 1.165) is 29.7 Å². The van der Waals surface area contributed by atoms with Crippen LogP contribution >= 0.6 is 0 Å². The highest BCUT2D eigenvalue weighted by atomic mass is 16.2. The number of carbonyl (C=O) groups is 1. The Morgan fingerprint density at radius 2 is 1.77 bits per heavy atom. The van der Waals surface area contributed by atoms with Gasteiger partial charge in [0.1, 0.15) is 0 Å². The Labute approximate surface area is 176 Å². The fraction of sp³-hybridized carbons (Fsp3) is 0.348. The molecule has 0 radical (unpaired) electrons. The average molecular weight is 403 g/mol. The molecule has 0 unspecified atom stereocenters. The van der Waals surface area contributed by atoms with E-state index < -0.39 is 0 Å². The molecule has 1 aliphatic rings. The van der Waals surface area contributed by atoms with E-state index >= 15 is 0 Å². The van der Waals surface area contributed by atoms with Gasteiger partial charge in [-0.15, -0.1) is 10.2 Å². The molecule has 30 heavy (non-hydrogen) atoms. The molecule has 2 atom stereocenters. The van der Waals surface area contributed by atoms with Crippen LogP contribution in [-0.2, 0) is 6.54 Å². The van der Waals surface area contributed by atoms with Gasteiger partial charge in [-0.25, -0.2) is 5.43 Å². The van der Waals surface area contributed by atoms with Crippen LogP contribution in [0.4, 0.5) is 0 Å². The third-order valence-corrected chi connectivity index (χ3v) is 5.60. The molecule has 4 rings (SSSR count). The first-order valence-electron chi connectivity index (χ1n) is 10.4. The summed E-state index contributed by atoms with van der Waals surface area (Å²) in [5.41, 5.74) is 6.32. The molecule has 2 aromatic carbocycles. The fourth-order valence-electron chi connectivity index (χ4n) is 3.85. The summed E-state index contributed by atoms with van der Waals surface area (Å²) in [6.07, 6.45) is 3.50. The van der Waals surface area contributed by atoms with Gasteiger partial charge in [-0.05, 0) is 47.6 Å². The Bertz CT molecular complexity index is 1010. The van der Waals surface area contributed by atoms with Gasteiger partial charge in [-0.2, -0.15) is 9.90 Å². The molecule has 1 N–H and O–H groups in total. The van der Waals surface area contributed by atoms with Crippen molar-refractivity contribution < 1.29 is 4.79 Å². The standard InChI is InChI=1S/C23H26N6O/c1-16-7-6-8-17(2)21(16)24-26-23(30)20-13-11-18(12-14-20)15-29-27-22(25-28-29)19-9-4-3-5-10-19/h3-5,9-14,16-17H,6-8,15H2,1-2H3,(H,26,30)/t16-,17-/m1/s1. The fourth-order valence-corrected chi connectivity index (χ4v) is 3.85. The summed E-state index contributed by atoms with van der Waals surface area (Å²) < 4.78 is 0. The van der Waals surface area contributed by atoms with E-state index in [2.05, 4.69) is 39.8 Å². The normalized spacial score (nSPS) is 18.8. The lowest BCUT2D eigenvalue weighted by molar-refractivity contribution is 0.0954. The molecule has 1 saturated carbocycles. The lowest BCUT2D eigenvalue weighted by atomic mass is 9.81. The summed E-state index contributed by atoms with van der Waals surface area (Å²) >= 11 is 0. The van der Waals surface area contributed by atoms with Crippen molar-refractivity contribution in [3.05, 3.63) is 65.7 Å². The second-order valence-corrected chi connectivity index (χ2v) is 7.92. The molecule has 0 spiro atoms. The van der Waals surface area contributed by atoms with Crippen molar-refractivity contribution in [2.75, 3.05) is 0 Å². The third-order valence-electron chi connectivity index (χ3n) is 5.60. The number of carbonyl (C=O) groups excluding carboxylic acids is 1. The van der Waals surface area contributed by atoms with E-state index in [9.17, 15) is 4.79 Å². The van der Waals surface area contributed by atoms with E-state index in [1.807, 2.05) is 42.5 Å². The van der Waals surface area contributed by atoms with Gasteiger partial charge in [0, 0.05) is 16.8 Å². The second kappa shape index (κ2) is 8.98. The summed E-state index contributed by atoms with van der Waals surface area (Å²) in [5.74, 6) is 1.25. The van der Waals surface area contributed by atoms with Gasteiger partial charge in [0.2, 0.25) is 5.82 Å². The van der Waals surface area contributed by atoms with Crippen molar-refractivity contribution >= 4 is 11.6 Å². The monoisotopic (exact) mass is 402 g/mol. The maximum absolute atomic E-state index is 12.5. The van der Waals surface area contributed by atoms with Gasteiger partial charge in [-0.1, -0.05) is 62.7 Å². The van der Waals surface area contributed by atoms with Crippen molar-refractivity contribution in [1.82, 2.24) is 25.6 Å². The van der Waals surface area contributed by atoms with Crippen molar-refractivity contribution in [3.63, 3.8) is 0 Å². The lowest BCUT2D eigenvalue weighted by Crippen LogP contribution is -2.29. The molecule has 3 aromatic rings. The predicted octanol–water partition coefficient (Wildman–Crippen LogP) is 3.93. The van der Waals surface area contributed by atoms with E-state index in [1.165, 1.54) is 6.42 Å². The van der Waals surface area contributed by atoms with Crippen LogP contribution < -0.4 is 5.43 Å². The highest BCUT2D eigenvalue weighted by Gasteiger charge is 2.23. The van der Waals surface area contributed by atoms with Gasteiger partial charge in [0.15, 0.2) is 0 Å². The Hall–Kier alpha value is -3.35. The third kappa shape index (κ3) is 4.62. The van der Waals surface area contributed by atoms with Crippen LogP contribution in [0.2, 0.25) is 0 Å². The number of aromatic nitrogens is 4. The number of amides is 1. The highest BCUT2D eigenvalue weighted by Crippen LogP contribution is 2.25. The molecule has 1 aromatic heterocycles. The molecule has 0 saturated heterocycles. The Morgan fingerprint density at radius 1 is 1.07 bits per heavy atom. The van der Waals surface area contributed by atoms with E-state index in [1.54, 1.807) is 16.9 Å². The Balaban J connectivity index is 1.38.